The Morgan fingerprint density at radius 1 is 1.16 bits per heavy atom. The zero-order chi connectivity index (χ0) is 17.2. The van der Waals surface area contributed by atoms with Crippen molar-refractivity contribution in [3.63, 3.8) is 0 Å². The van der Waals surface area contributed by atoms with Crippen molar-refractivity contribution >= 4 is 11.9 Å². The van der Waals surface area contributed by atoms with Gasteiger partial charge in [0.1, 0.15) is 0 Å². The summed E-state index contributed by atoms with van der Waals surface area (Å²) in [6.45, 7) is 2.80. The molecule has 0 bridgehead atoms. The van der Waals surface area contributed by atoms with Gasteiger partial charge in [0.25, 0.3) is 5.91 Å². The number of nitrogens with one attached hydrogen (secondary N) is 1. The predicted molar refractivity (Wildman–Crippen MR) is 95.3 cm³/mol. The van der Waals surface area contributed by atoms with Crippen molar-refractivity contribution in [2.75, 3.05) is 5.32 Å². The van der Waals surface area contributed by atoms with Crippen molar-refractivity contribution < 1.29 is 4.79 Å². The van der Waals surface area contributed by atoms with Gasteiger partial charge >= 0.3 is 0 Å². The van der Waals surface area contributed by atoms with Crippen LogP contribution in [0.25, 0.3) is 11.1 Å². The highest BCUT2D eigenvalue weighted by atomic mass is 16.2. The smallest absolute Gasteiger partial charge is 0.278 e. The minimum absolute atomic E-state index is 0.276. The average molecular weight is 333 g/mol. The SMILES string of the molecule is CCn1nc(C(=O)Nc2ncc(-c3ccccc3)cn2)cc1C1CC1. The number of carbonyl (C=O) groups is 1. The van der Waals surface area contributed by atoms with E-state index in [-0.39, 0.29) is 11.9 Å². The summed E-state index contributed by atoms with van der Waals surface area (Å²) in [5.41, 5.74) is 3.51. The molecule has 1 fully saturated rings. The number of hydrogen-bond acceptors (Lipinski definition) is 4. The van der Waals surface area contributed by atoms with E-state index in [9.17, 15) is 4.79 Å². The Balaban J connectivity index is 1.49. The van der Waals surface area contributed by atoms with E-state index in [1.807, 2.05) is 48.0 Å². The highest BCUT2D eigenvalue weighted by molar-refractivity contribution is 6.01. The largest absolute Gasteiger partial charge is 0.289 e. The van der Waals surface area contributed by atoms with Crippen molar-refractivity contribution in [2.45, 2.75) is 32.2 Å². The zero-order valence-corrected chi connectivity index (χ0v) is 14.0. The molecule has 3 aromatic rings. The third-order valence-electron chi connectivity index (χ3n) is 4.32. The molecule has 0 aliphatic heterocycles. The molecule has 1 saturated carbocycles. The topological polar surface area (TPSA) is 72.7 Å². The first kappa shape index (κ1) is 15.5. The van der Waals surface area contributed by atoms with Crippen LogP contribution in [0, 0.1) is 0 Å². The maximum absolute atomic E-state index is 12.4. The second-order valence-electron chi connectivity index (χ2n) is 6.16. The first-order chi connectivity index (χ1) is 12.2. The van der Waals surface area contributed by atoms with Gasteiger partial charge in [0.15, 0.2) is 5.69 Å². The number of carbonyl (C=O) groups excluding carboxylic acids is 1. The van der Waals surface area contributed by atoms with E-state index in [1.54, 1.807) is 12.4 Å². The molecule has 1 aliphatic rings. The average Bonchev–Trinajstić information content (AvgIpc) is 3.41. The van der Waals surface area contributed by atoms with Gasteiger partial charge in [-0.15, -0.1) is 0 Å². The maximum atomic E-state index is 12.4. The van der Waals surface area contributed by atoms with Gasteiger partial charge in [-0.1, -0.05) is 30.3 Å². The molecule has 4 rings (SSSR count). The van der Waals surface area contributed by atoms with Gasteiger partial charge in [-0.2, -0.15) is 5.10 Å². The molecule has 126 valence electrons. The van der Waals surface area contributed by atoms with Gasteiger partial charge in [-0.25, -0.2) is 9.97 Å². The lowest BCUT2D eigenvalue weighted by Gasteiger charge is -2.03. The van der Waals surface area contributed by atoms with Crippen LogP contribution in [0.3, 0.4) is 0 Å². The third-order valence-corrected chi connectivity index (χ3v) is 4.32. The second kappa shape index (κ2) is 6.47. The summed E-state index contributed by atoms with van der Waals surface area (Å²) in [7, 11) is 0. The number of nitrogens with zero attached hydrogens (tertiary/aromatic N) is 4. The summed E-state index contributed by atoms with van der Waals surface area (Å²) in [6.07, 6.45) is 5.77. The molecular weight excluding hydrogens is 314 g/mol. The Labute approximate surface area is 145 Å². The summed E-state index contributed by atoms with van der Waals surface area (Å²) in [6, 6.07) is 11.8. The highest BCUT2D eigenvalue weighted by Crippen LogP contribution is 2.40. The monoisotopic (exact) mass is 333 g/mol. The van der Waals surface area contributed by atoms with Crippen molar-refractivity contribution in [3.05, 3.63) is 60.2 Å². The lowest BCUT2D eigenvalue weighted by Crippen LogP contribution is -2.15. The molecule has 2 aromatic heterocycles. The quantitative estimate of drug-likeness (QED) is 0.776. The van der Waals surface area contributed by atoms with E-state index < -0.39 is 0 Å². The van der Waals surface area contributed by atoms with Crippen LogP contribution >= 0.6 is 0 Å². The van der Waals surface area contributed by atoms with Gasteiger partial charge in [0.2, 0.25) is 5.95 Å². The predicted octanol–water partition coefficient (Wildman–Crippen LogP) is 3.49. The fourth-order valence-corrected chi connectivity index (χ4v) is 2.84. The van der Waals surface area contributed by atoms with E-state index in [2.05, 4.69) is 20.4 Å². The van der Waals surface area contributed by atoms with E-state index >= 15 is 0 Å². The fraction of sp³-hybridized carbons (Fsp3) is 0.263. The molecule has 0 radical (unpaired) electrons. The van der Waals surface area contributed by atoms with Crippen molar-refractivity contribution in [1.82, 2.24) is 19.7 Å². The first-order valence-corrected chi connectivity index (χ1v) is 8.51. The van der Waals surface area contributed by atoms with Gasteiger partial charge in [0, 0.05) is 36.1 Å². The lowest BCUT2D eigenvalue weighted by atomic mass is 10.1. The number of aryl methyl sites for hydroxylation is 1. The summed E-state index contributed by atoms with van der Waals surface area (Å²) >= 11 is 0. The van der Waals surface area contributed by atoms with Crippen LogP contribution in [0.5, 0.6) is 0 Å². The van der Waals surface area contributed by atoms with E-state index in [0.29, 0.717) is 11.6 Å². The number of anilines is 1. The third kappa shape index (κ3) is 3.28. The van der Waals surface area contributed by atoms with E-state index in [4.69, 9.17) is 0 Å². The van der Waals surface area contributed by atoms with Crippen LogP contribution in [0.1, 0.15) is 41.9 Å². The molecule has 1 aromatic carbocycles. The van der Waals surface area contributed by atoms with Crippen LogP contribution in [-0.2, 0) is 6.54 Å². The van der Waals surface area contributed by atoms with Gasteiger partial charge < -0.3 is 0 Å². The minimum Gasteiger partial charge on any atom is -0.289 e. The van der Waals surface area contributed by atoms with Crippen LogP contribution in [-0.4, -0.2) is 25.7 Å². The molecular formula is C19H19N5O. The second-order valence-corrected chi connectivity index (χ2v) is 6.16. The summed E-state index contributed by atoms with van der Waals surface area (Å²) in [4.78, 5) is 20.9. The van der Waals surface area contributed by atoms with Crippen molar-refractivity contribution in [1.29, 1.82) is 0 Å². The molecule has 1 N–H and O–H groups in total. The van der Waals surface area contributed by atoms with Gasteiger partial charge in [-0.3, -0.25) is 14.8 Å². The summed E-state index contributed by atoms with van der Waals surface area (Å²) in [5, 5.41) is 7.12. The fourth-order valence-electron chi connectivity index (χ4n) is 2.84. The molecule has 1 amide bonds. The zero-order valence-electron chi connectivity index (χ0n) is 14.0. The molecule has 1 aliphatic carbocycles. The van der Waals surface area contributed by atoms with Crippen LogP contribution in [0.15, 0.2) is 48.8 Å². The molecule has 6 nitrogen and oxygen atoms in total. The molecule has 0 unspecified atom stereocenters. The summed E-state index contributed by atoms with van der Waals surface area (Å²) < 4.78 is 1.91. The molecule has 6 heteroatoms. The molecule has 2 heterocycles. The standard InChI is InChI=1S/C19H19N5O/c1-2-24-17(14-8-9-14)10-16(23-24)18(25)22-19-20-11-15(12-21-19)13-6-4-3-5-7-13/h3-7,10-12,14H,2,8-9H2,1H3,(H,20,21,22,25). The Hall–Kier alpha value is -3.02. The number of amides is 1. The lowest BCUT2D eigenvalue weighted by molar-refractivity contribution is 0.102. The van der Waals surface area contributed by atoms with Gasteiger partial charge in [0.05, 0.1) is 0 Å². The Morgan fingerprint density at radius 3 is 2.52 bits per heavy atom. The van der Waals surface area contributed by atoms with Crippen molar-refractivity contribution in [3.8, 4) is 11.1 Å². The van der Waals surface area contributed by atoms with Crippen LogP contribution in [0.2, 0.25) is 0 Å². The number of aromatic nitrogens is 4. The van der Waals surface area contributed by atoms with Crippen molar-refractivity contribution in [2.24, 2.45) is 0 Å². The van der Waals surface area contributed by atoms with Crippen LogP contribution < -0.4 is 5.32 Å². The maximum Gasteiger partial charge on any atom is 0.278 e. The molecule has 0 saturated heterocycles. The van der Waals surface area contributed by atoms with Crippen LogP contribution in [0.4, 0.5) is 5.95 Å². The normalized spacial score (nSPS) is 13.6. The minimum atomic E-state index is -0.276. The highest BCUT2D eigenvalue weighted by Gasteiger charge is 2.28. The molecule has 25 heavy (non-hydrogen) atoms. The van der Waals surface area contributed by atoms with E-state index in [1.165, 1.54) is 12.8 Å². The number of hydrogen-bond donors (Lipinski definition) is 1. The molecule has 0 spiro atoms. The summed E-state index contributed by atoms with van der Waals surface area (Å²) in [5.74, 6) is 0.556. The molecule has 0 atom stereocenters. The van der Waals surface area contributed by atoms with Gasteiger partial charge in [-0.05, 0) is 31.4 Å². The van der Waals surface area contributed by atoms with E-state index in [0.717, 1.165) is 23.4 Å². The Bertz CT molecular complexity index is 882. The Kier molecular flexibility index (Phi) is 4.01. The number of benzene rings is 1. The Morgan fingerprint density at radius 2 is 1.88 bits per heavy atom. The first-order valence-electron chi connectivity index (χ1n) is 8.51. The number of rotatable bonds is 5.